The lowest BCUT2D eigenvalue weighted by atomic mass is 10.1. The molecule has 0 aliphatic heterocycles. The molecule has 82 valence electrons. The normalized spacial score (nSPS) is 15.2. The van der Waals surface area contributed by atoms with Crippen molar-refractivity contribution in [3.05, 3.63) is 0 Å². The van der Waals surface area contributed by atoms with Crippen LogP contribution in [0.4, 0.5) is 4.79 Å². The molecule has 0 aromatic heterocycles. The molecule has 1 unspecified atom stereocenters. The van der Waals surface area contributed by atoms with Crippen LogP contribution in [0.5, 0.6) is 0 Å². The summed E-state index contributed by atoms with van der Waals surface area (Å²) in [5.41, 5.74) is 0. The lowest BCUT2D eigenvalue weighted by Gasteiger charge is -2.20. The van der Waals surface area contributed by atoms with Crippen molar-refractivity contribution in [1.82, 2.24) is 10.4 Å². The molecule has 0 aromatic rings. The van der Waals surface area contributed by atoms with Gasteiger partial charge < -0.3 is 10.4 Å². The van der Waals surface area contributed by atoms with Gasteiger partial charge in [-0.2, -0.15) is 0 Å². The van der Waals surface area contributed by atoms with Gasteiger partial charge in [-0.3, -0.25) is 9.63 Å². The molecule has 0 saturated heterocycles. The summed E-state index contributed by atoms with van der Waals surface area (Å²) in [6.07, 6.45) is -0.810. The SMILES string of the molecule is [2H]C(CCC)(NC(=O)O)C(=O)N(C)OC. The number of nitrogens with zero attached hydrogens (tertiary/aromatic N) is 1. The summed E-state index contributed by atoms with van der Waals surface area (Å²) in [6.45, 7) is 1.76. The zero-order chi connectivity index (χ0) is 12.1. The second kappa shape index (κ2) is 6.20. The first kappa shape index (κ1) is 10.8. The summed E-state index contributed by atoms with van der Waals surface area (Å²) in [5.74, 6) is -0.741. The molecule has 2 N–H and O–H groups in total. The van der Waals surface area contributed by atoms with Gasteiger partial charge in [-0.25, -0.2) is 9.86 Å². The van der Waals surface area contributed by atoms with Gasteiger partial charge in [0.1, 0.15) is 6.02 Å². The average molecular weight is 205 g/mol. The second-order valence-corrected chi connectivity index (χ2v) is 2.64. The number of carbonyl (C=O) groups excluding carboxylic acids is 1. The molecular weight excluding hydrogens is 188 g/mol. The van der Waals surface area contributed by atoms with Gasteiger partial charge in [0.05, 0.1) is 8.48 Å². The number of rotatable bonds is 5. The third-order valence-electron chi connectivity index (χ3n) is 1.58. The molecule has 0 aliphatic carbocycles. The summed E-state index contributed by atoms with van der Waals surface area (Å²) in [4.78, 5) is 26.7. The Balaban J connectivity index is 4.76. The molecule has 6 nitrogen and oxygen atoms in total. The van der Waals surface area contributed by atoms with Crippen LogP contribution >= 0.6 is 0 Å². The van der Waals surface area contributed by atoms with Crippen molar-refractivity contribution in [1.29, 1.82) is 0 Å². The first-order valence-electron chi connectivity index (χ1n) is 4.70. The van der Waals surface area contributed by atoms with Crippen LogP contribution in [0.2, 0.25) is 0 Å². The van der Waals surface area contributed by atoms with Crippen LogP contribution in [-0.2, 0) is 9.63 Å². The molecule has 0 spiro atoms. The number of likely N-dealkylation sites (N-methyl/N-ethyl adjacent to an activating group) is 1. The molecule has 0 fully saturated rings. The number of hydroxylamine groups is 2. The van der Waals surface area contributed by atoms with Gasteiger partial charge in [-0.15, -0.1) is 0 Å². The fourth-order valence-corrected chi connectivity index (χ4v) is 0.875. The van der Waals surface area contributed by atoms with E-state index in [0.29, 0.717) is 6.42 Å². The van der Waals surface area contributed by atoms with E-state index >= 15 is 0 Å². The largest absolute Gasteiger partial charge is 0.465 e. The van der Waals surface area contributed by atoms with Crippen molar-refractivity contribution in [3.8, 4) is 0 Å². The Morgan fingerprint density at radius 1 is 1.71 bits per heavy atom. The molecule has 0 saturated carbocycles. The molecule has 14 heavy (non-hydrogen) atoms. The molecule has 0 heterocycles. The standard InChI is InChI=1S/C8H16N2O4/c1-4-5-6(9-8(12)13)7(11)10(2)14-3/h6,9H,4-5H2,1-3H3,(H,12,13)/i6D. The first-order chi connectivity index (χ1) is 6.87. The van der Waals surface area contributed by atoms with Crippen LogP contribution in [-0.4, -0.2) is 42.3 Å². The monoisotopic (exact) mass is 205 g/mol. The van der Waals surface area contributed by atoms with E-state index in [4.69, 9.17) is 6.48 Å². The van der Waals surface area contributed by atoms with E-state index in [2.05, 4.69) is 4.84 Å². The van der Waals surface area contributed by atoms with E-state index < -0.39 is 18.0 Å². The van der Waals surface area contributed by atoms with Crippen LogP contribution in [0.3, 0.4) is 0 Å². The van der Waals surface area contributed by atoms with E-state index in [0.717, 1.165) is 5.06 Å². The Labute approximate surface area is 84.2 Å². The number of carbonyl (C=O) groups is 2. The summed E-state index contributed by atoms with van der Waals surface area (Å²) in [7, 11) is 2.59. The summed E-state index contributed by atoms with van der Waals surface area (Å²) in [5, 5.41) is 11.3. The lowest BCUT2D eigenvalue weighted by molar-refractivity contribution is -0.171. The number of hydrogen-bond donors (Lipinski definition) is 2. The molecule has 0 aliphatic rings. The Kier molecular flexibility index (Phi) is 4.77. The van der Waals surface area contributed by atoms with Crippen LogP contribution in [0.15, 0.2) is 0 Å². The lowest BCUT2D eigenvalue weighted by Crippen LogP contribution is -2.46. The molecule has 0 radical (unpaired) electrons. The summed E-state index contributed by atoms with van der Waals surface area (Å²) >= 11 is 0. The third kappa shape index (κ3) is 4.08. The predicted molar refractivity (Wildman–Crippen MR) is 49.6 cm³/mol. The number of carboxylic acid groups (broad SMARTS) is 1. The van der Waals surface area contributed by atoms with Crippen molar-refractivity contribution in [2.75, 3.05) is 14.2 Å². The highest BCUT2D eigenvalue weighted by Gasteiger charge is 2.22. The van der Waals surface area contributed by atoms with E-state index in [9.17, 15) is 9.59 Å². The molecule has 6 heteroatoms. The van der Waals surface area contributed by atoms with Crippen molar-refractivity contribution < 1.29 is 20.9 Å². The number of hydrogen-bond acceptors (Lipinski definition) is 3. The van der Waals surface area contributed by atoms with Crippen molar-refractivity contribution in [2.45, 2.75) is 25.8 Å². The molecule has 0 rings (SSSR count). The van der Waals surface area contributed by atoms with Crippen molar-refractivity contribution in [3.63, 3.8) is 0 Å². The van der Waals surface area contributed by atoms with Crippen molar-refractivity contribution in [2.24, 2.45) is 0 Å². The maximum Gasteiger partial charge on any atom is 0.405 e. The highest BCUT2D eigenvalue weighted by molar-refractivity contribution is 5.84. The molecule has 1 atom stereocenters. The first-order valence-corrected chi connectivity index (χ1v) is 4.20. The molecule has 0 aromatic carbocycles. The van der Waals surface area contributed by atoms with E-state index in [1.54, 1.807) is 6.92 Å². The zero-order valence-electron chi connectivity index (χ0n) is 9.53. The van der Waals surface area contributed by atoms with Crippen LogP contribution in [0.25, 0.3) is 0 Å². The summed E-state index contributed by atoms with van der Waals surface area (Å²) < 4.78 is 7.73. The van der Waals surface area contributed by atoms with Gasteiger partial charge in [0, 0.05) is 7.05 Å². The average Bonchev–Trinajstić information content (AvgIpc) is 2.14. The van der Waals surface area contributed by atoms with Gasteiger partial charge >= 0.3 is 6.09 Å². The molecule has 0 bridgehead atoms. The van der Waals surface area contributed by atoms with Crippen LogP contribution in [0.1, 0.15) is 21.1 Å². The van der Waals surface area contributed by atoms with Gasteiger partial charge in [0.25, 0.3) is 5.91 Å². The number of amides is 2. The van der Waals surface area contributed by atoms with Gasteiger partial charge in [0.15, 0.2) is 0 Å². The smallest absolute Gasteiger partial charge is 0.405 e. The Bertz CT molecular complexity index is 249. The van der Waals surface area contributed by atoms with Crippen molar-refractivity contribution >= 4 is 12.0 Å². The van der Waals surface area contributed by atoms with E-state index in [-0.39, 0.29) is 6.42 Å². The minimum Gasteiger partial charge on any atom is -0.465 e. The maximum absolute atomic E-state index is 11.6. The quantitative estimate of drug-likeness (QED) is 0.638. The Morgan fingerprint density at radius 3 is 2.64 bits per heavy atom. The minimum atomic E-state index is -1.88. The fraction of sp³-hybridized carbons (Fsp3) is 0.750. The predicted octanol–water partition coefficient (Wildman–Crippen LogP) is 0.442. The van der Waals surface area contributed by atoms with Crippen LogP contribution in [0, 0.1) is 0 Å². The van der Waals surface area contributed by atoms with Gasteiger partial charge in [-0.05, 0) is 6.42 Å². The van der Waals surface area contributed by atoms with Gasteiger partial charge in [-0.1, -0.05) is 13.3 Å². The third-order valence-corrected chi connectivity index (χ3v) is 1.58. The zero-order valence-corrected chi connectivity index (χ0v) is 8.53. The maximum atomic E-state index is 11.6. The highest BCUT2D eigenvalue weighted by Crippen LogP contribution is 2.01. The van der Waals surface area contributed by atoms with Crippen LogP contribution < -0.4 is 5.32 Å². The Hall–Kier alpha value is -1.30. The highest BCUT2D eigenvalue weighted by atomic mass is 16.7. The minimum absolute atomic E-state index is 0.0891. The van der Waals surface area contributed by atoms with E-state index in [1.165, 1.54) is 14.2 Å². The van der Waals surface area contributed by atoms with E-state index in [1.807, 2.05) is 5.32 Å². The topological polar surface area (TPSA) is 78.9 Å². The molecular formula is C8H16N2O4. The number of nitrogens with one attached hydrogen (secondary N) is 1. The summed E-state index contributed by atoms with van der Waals surface area (Å²) in [6, 6.07) is -1.88. The Morgan fingerprint density at radius 2 is 2.29 bits per heavy atom. The molecule has 2 amide bonds. The fourth-order valence-electron chi connectivity index (χ4n) is 0.875. The van der Waals surface area contributed by atoms with Gasteiger partial charge in [0.2, 0.25) is 0 Å². The second-order valence-electron chi connectivity index (χ2n) is 2.64.